The first-order valence-electron chi connectivity index (χ1n) is 7.99. The van der Waals surface area contributed by atoms with Crippen molar-refractivity contribution in [2.75, 3.05) is 12.8 Å². The third-order valence-electron chi connectivity index (χ3n) is 4.16. The highest BCUT2D eigenvalue weighted by Crippen LogP contribution is 2.32. The van der Waals surface area contributed by atoms with Crippen LogP contribution < -0.4 is 10.5 Å². The summed E-state index contributed by atoms with van der Waals surface area (Å²) in [5, 5.41) is 9.57. The summed E-state index contributed by atoms with van der Waals surface area (Å²) in [5.74, 6) is 0.569. The van der Waals surface area contributed by atoms with E-state index in [1.807, 2.05) is 19.1 Å². The maximum absolute atomic E-state index is 13.0. The Balaban J connectivity index is 2.20. The van der Waals surface area contributed by atoms with E-state index < -0.39 is 0 Å². The van der Waals surface area contributed by atoms with Crippen molar-refractivity contribution < 1.29 is 9.53 Å². The SMILES string of the molecule is COc1ccc(-c2c(C(=O)c3ccc(C)cc3)cnc(N)c2C#N)cc1. The summed E-state index contributed by atoms with van der Waals surface area (Å²) in [5.41, 5.74) is 9.18. The molecule has 0 spiro atoms. The van der Waals surface area contributed by atoms with Gasteiger partial charge >= 0.3 is 0 Å². The van der Waals surface area contributed by atoms with Crippen LogP contribution in [0.15, 0.2) is 54.7 Å². The zero-order valence-corrected chi connectivity index (χ0v) is 14.5. The maximum Gasteiger partial charge on any atom is 0.195 e. The summed E-state index contributed by atoms with van der Waals surface area (Å²) in [6.07, 6.45) is 1.43. The smallest absolute Gasteiger partial charge is 0.195 e. The standard InChI is InChI=1S/C21H17N3O2/c1-13-3-5-15(6-4-13)20(25)18-12-24-21(23)17(11-22)19(18)14-7-9-16(26-2)10-8-14/h3-10,12H,1-2H3,(H2,23,24). The number of anilines is 1. The molecule has 1 heterocycles. The molecular formula is C21H17N3O2. The number of ether oxygens (including phenoxy) is 1. The van der Waals surface area contributed by atoms with Gasteiger partial charge in [0.05, 0.1) is 12.7 Å². The molecule has 2 N–H and O–H groups in total. The van der Waals surface area contributed by atoms with Gasteiger partial charge in [-0.15, -0.1) is 0 Å². The van der Waals surface area contributed by atoms with E-state index >= 15 is 0 Å². The van der Waals surface area contributed by atoms with E-state index in [0.29, 0.717) is 28.0 Å². The molecule has 5 heteroatoms. The van der Waals surface area contributed by atoms with Crippen molar-refractivity contribution in [3.05, 3.63) is 77.0 Å². The zero-order valence-electron chi connectivity index (χ0n) is 14.5. The Labute approximate surface area is 151 Å². The number of nitriles is 1. The Morgan fingerprint density at radius 2 is 1.77 bits per heavy atom. The summed E-state index contributed by atoms with van der Waals surface area (Å²) >= 11 is 0. The molecule has 0 bridgehead atoms. The van der Waals surface area contributed by atoms with Crippen LogP contribution in [0.2, 0.25) is 0 Å². The number of aryl methyl sites for hydroxylation is 1. The molecule has 0 aliphatic carbocycles. The Bertz CT molecular complexity index is 1000. The van der Waals surface area contributed by atoms with E-state index in [1.165, 1.54) is 6.20 Å². The van der Waals surface area contributed by atoms with Crippen molar-refractivity contribution in [1.29, 1.82) is 5.26 Å². The van der Waals surface area contributed by atoms with Crippen molar-refractivity contribution in [2.45, 2.75) is 6.92 Å². The molecule has 128 valence electrons. The van der Waals surface area contributed by atoms with Gasteiger partial charge in [0.2, 0.25) is 0 Å². The quantitative estimate of drug-likeness (QED) is 0.729. The second-order valence-electron chi connectivity index (χ2n) is 5.84. The van der Waals surface area contributed by atoms with Gasteiger partial charge in [-0.3, -0.25) is 4.79 Å². The summed E-state index contributed by atoms with van der Waals surface area (Å²) in [7, 11) is 1.58. The van der Waals surface area contributed by atoms with Crippen molar-refractivity contribution in [3.63, 3.8) is 0 Å². The second-order valence-corrected chi connectivity index (χ2v) is 5.84. The summed E-state index contributed by atoms with van der Waals surface area (Å²) in [6.45, 7) is 1.95. The first-order valence-corrected chi connectivity index (χ1v) is 7.99. The van der Waals surface area contributed by atoms with Crippen LogP contribution in [0.1, 0.15) is 27.0 Å². The molecule has 0 aliphatic rings. The Hall–Kier alpha value is -3.65. The number of carbonyl (C=O) groups is 1. The largest absolute Gasteiger partial charge is 0.497 e. The highest BCUT2D eigenvalue weighted by molar-refractivity contribution is 6.13. The van der Waals surface area contributed by atoms with E-state index in [0.717, 1.165) is 5.56 Å². The minimum Gasteiger partial charge on any atom is -0.497 e. The third-order valence-corrected chi connectivity index (χ3v) is 4.16. The van der Waals surface area contributed by atoms with Crippen LogP contribution in [0, 0.1) is 18.3 Å². The first-order chi connectivity index (χ1) is 12.5. The topological polar surface area (TPSA) is 89.0 Å². The van der Waals surface area contributed by atoms with Crippen molar-refractivity contribution in [1.82, 2.24) is 4.98 Å². The third kappa shape index (κ3) is 3.13. The summed E-state index contributed by atoms with van der Waals surface area (Å²) in [4.78, 5) is 17.1. The minimum absolute atomic E-state index is 0.0961. The van der Waals surface area contributed by atoms with Crippen LogP contribution in [0.5, 0.6) is 5.75 Å². The fourth-order valence-electron chi connectivity index (χ4n) is 2.73. The number of carbonyl (C=O) groups excluding carboxylic acids is 1. The fourth-order valence-corrected chi connectivity index (χ4v) is 2.73. The molecule has 0 unspecified atom stereocenters. The number of nitrogens with zero attached hydrogens (tertiary/aromatic N) is 2. The molecule has 0 atom stereocenters. The minimum atomic E-state index is -0.209. The Morgan fingerprint density at radius 1 is 1.12 bits per heavy atom. The van der Waals surface area contributed by atoms with Crippen LogP contribution in [-0.2, 0) is 0 Å². The van der Waals surface area contributed by atoms with Crippen LogP contribution >= 0.6 is 0 Å². The molecule has 3 rings (SSSR count). The number of nitrogen functional groups attached to an aromatic ring is 1. The lowest BCUT2D eigenvalue weighted by Gasteiger charge is -2.13. The fraction of sp³-hybridized carbons (Fsp3) is 0.0952. The molecule has 0 amide bonds. The summed E-state index contributed by atoms with van der Waals surface area (Å²) in [6, 6.07) is 16.5. The van der Waals surface area contributed by atoms with E-state index in [9.17, 15) is 10.1 Å². The van der Waals surface area contributed by atoms with Crippen LogP contribution in [0.25, 0.3) is 11.1 Å². The van der Waals surface area contributed by atoms with Gasteiger partial charge in [0, 0.05) is 17.3 Å². The first kappa shape index (κ1) is 17.2. The average Bonchev–Trinajstić information content (AvgIpc) is 2.68. The highest BCUT2D eigenvalue weighted by Gasteiger charge is 2.21. The number of hydrogen-bond acceptors (Lipinski definition) is 5. The van der Waals surface area contributed by atoms with Gasteiger partial charge in [0.25, 0.3) is 0 Å². The molecule has 0 aliphatic heterocycles. The van der Waals surface area contributed by atoms with Gasteiger partial charge in [0.15, 0.2) is 5.78 Å². The molecular weight excluding hydrogens is 326 g/mol. The van der Waals surface area contributed by atoms with Crippen molar-refractivity contribution in [3.8, 4) is 22.9 Å². The molecule has 3 aromatic rings. The number of ketones is 1. The molecule has 0 fully saturated rings. The van der Waals surface area contributed by atoms with Crippen LogP contribution in [0.3, 0.4) is 0 Å². The zero-order chi connectivity index (χ0) is 18.7. The van der Waals surface area contributed by atoms with Gasteiger partial charge < -0.3 is 10.5 Å². The summed E-state index contributed by atoms with van der Waals surface area (Å²) < 4.78 is 5.17. The highest BCUT2D eigenvalue weighted by atomic mass is 16.5. The van der Waals surface area contributed by atoms with Gasteiger partial charge in [-0.25, -0.2) is 4.98 Å². The lowest BCUT2D eigenvalue weighted by Crippen LogP contribution is -2.08. The maximum atomic E-state index is 13.0. The van der Waals surface area contributed by atoms with E-state index in [-0.39, 0.29) is 17.2 Å². The number of aromatic nitrogens is 1. The van der Waals surface area contributed by atoms with Gasteiger partial charge in [-0.05, 0) is 24.6 Å². The molecule has 5 nitrogen and oxygen atoms in total. The van der Waals surface area contributed by atoms with Gasteiger partial charge in [-0.2, -0.15) is 5.26 Å². The monoisotopic (exact) mass is 343 g/mol. The number of methoxy groups -OCH3 is 1. The molecule has 0 radical (unpaired) electrons. The Kier molecular flexibility index (Phi) is 4.68. The number of benzene rings is 2. The average molecular weight is 343 g/mol. The number of rotatable bonds is 4. The lowest BCUT2D eigenvalue weighted by molar-refractivity contribution is 0.103. The number of nitrogens with two attached hydrogens (primary N) is 1. The molecule has 0 saturated heterocycles. The molecule has 1 aromatic heterocycles. The predicted octanol–water partition coefficient (Wildman–Crippen LogP) is 3.75. The van der Waals surface area contributed by atoms with E-state index in [2.05, 4.69) is 11.1 Å². The van der Waals surface area contributed by atoms with E-state index in [1.54, 1.807) is 43.5 Å². The lowest BCUT2D eigenvalue weighted by atomic mass is 9.91. The van der Waals surface area contributed by atoms with Crippen molar-refractivity contribution >= 4 is 11.6 Å². The number of pyridine rings is 1. The predicted molar refractivity (Wildman–Crippen MR) is 100.0 cm³/mol. The second kappa shape index (κ2) is 7.08. The molecule has 0 saturated carbocycles. The van der Waals surface area contributed by atoms with Crippen molar-refractivity contribution in [2.24, 2.45) is 0 Å². The van der Waals surface area contributed by atoms with E-state index in [4.69, 9.17) is 10.5 Å². The molecule has 26 heavy (non-hydrogen) atoms. The normalized spacial score (nSPS) is 10.2. The van der Waals surface area contributed by atoms with Gasteiger partial charge in [0.1, 0.15) is 23.2 Å². The van der Waals surface area contributed by atoms with Crippen LogP contribution in [-0.4, -0.2) is 17.9 Å². The van der Waals surface area contributed by atoms with Gasteiger partial charge in [-0.1, -0.05) is 42.0 Å². The Morgan fingerprint density at radius 3 is 2.35 bits per heavy atom. The molecule has 2 aromatic carbocycles. The van der Waals surface area contributed by atoms with Crippen LogP contribution in [0.4, 0.5) is 5.82 Å². The number of hydrogen-bond donors (Lipinski definition) is 1.